The Hall–Kier alpha value is -2.57. The number of benzene rings is 1. The van der Waals surface area contributed by atoms with E-state index in [9.17, 15) is 14.4 Å². The molecule has 29 heavy (non-hydrogen) atoms. The largest absolute Gasteiger partial charge is 0.444 e. The van der Waals surface area contributed by atoms with E-state index in [1.54, 1.807) is 4.90 Å². The molecule has 3 amide bonds. The Morgan fingerprint density at radius 1 is 1.17 bits per heavy atom. The second-order valence-corrected chi connectivity index (χ2v) is 8.79. The monoisotopic (exact) mass is 403 g/mol. The molecule has 7 nitrogen and oxygen atoms in total. The number of rotatable bonds is 7. The van der Waals surface area contributed by atoms with Crippen molar-refractivity contribution in [3.8, 4) is 0 Å². The summed E-state index contributed by atoms with van der Waals surface area (Å²) in [5.41, 5.74) is 1.63. The Bertz CT molecular complexity index is 725. The lowest BCUT2D eigenvalue weighted by Crippen LogP contribution is -2.46. The number of nitrogens with zero attached hydrogens (tertiary/aromatic N) is 1. The van der Waals surface area contributed by atoms with Gasteiger partial charge in [0, 0.05) is 26.1 Å². The number of alkyl carbamates (subject to hydrolysis) is 1. The molecule has 0 aromatic heterocycles. The molecule has 0 spiro atoms. The number of nitrogens with one attached hydrogen (secondary N) is 2. The zero-order valence-electron chi connectivity index (χ0n) is 18.1. The van der Waals surface area contributed by atoms with Crippen LogP contribution in [-0.2, 0) is 20.9 Å². The van der Waals surface area contributed by atoms with Gasteiger partial charge >= 0.3 is 6.09 Å². The van der Waals surface area contributed by atoms with E-state index in [1.165, 1.54) is 0 Å². The van der Waals surface area contributed by atoms with Crippen LogP contribution in [0.3, 0.4) is 0 Å². The Morgan fingerprint density at radius 3 is 2.41 bits per heavy atom. The number of hydrogen-bond acceptors (Lipinski definition) is 4. The van der Waals surface area contributed by atoms with Crippen LogP contribution in [0.15, 0.2) is 24.3 Å². The van der Waals surface area contributed by atoms with E-state index in [0.717, 1.165) is 11.1 Å². The van der Waals surface area contributed by atoms with Crippen LogP contribution in [0.5, 0.6) is 0 Å². The normalized spacial score (nSPS) is 17.8. The number of carbonyl (C=O) groups excluding carboxylic acids is 3. The van der Waals surface area contributed by atoms with Crippen LogP contribution in [0.1, 0.15) is 51.7 Å². The molecule has 1 aliphatic rings. The van der Waals surface area contributed by atoms with Crippen molar-refractivity contribution in [1.29, 1.82) is 0 Å². The molecule has 1 aromatic carbocycles. The third-order valence-electron chi connectivity index (χ3n) is 4.72. The Labute approximate surface area is 173 Å². The fraction of sp³-hybridized carbons (Fsp3) is 0.591. The molecule has 1 fully saturated rings. The molecule has 1 saturated heterocycles. The predicted molar refractivity (Wildman–Crippen MR) is 111 cm³/mol. The van der Waals surface area contributed by atoms with Crippen LogP contribution >= 0.6 is 0 Å². The zero-order valence-corrected chi connectivity index (χ0v) is 18.1. The van der Waals surface area contributed by atoms with Crippen molar-refractivity contribution in [2.24, 2.45) is 5.92 Å². The van der Waals surface area contributed by atoms with Crippen LogP contribution in [-0.4, -0.2) is 47.5 Å². The molecule has 1 aromatic rings. The second kappa shape index (κ2) is 9.76. The van der Waals surface area contributed by atoms with Gasteiger partial charge in [0.1, 0.15) is 11.6 Å². The molecule has 1 aliphatic heterocycles. The van der Waals surface area contributed by atoms with Crippen molar-refractivity contribution in [3.63, 3.8) is 0 Å². The van der Waals surface area contributed by atoms with Gasteiger partial charge in [-0.2, -0.15) is 0 Å². The topological polar surface area (TPSA) is 87.7 Å². The van der Waals surface area contributed by atoms with Crippen molar-refractivity contribution in [3.05, 3.63) is 35.4 Å². The molecule has 0 radical (unpaired) electrons. The fourth-order valence-corrected chi connectivity index (χ4v) is 3.13. The molecule has 160 valence electrons. The summed E-state index contributed by atoms with van der Waals surface area (Å²) in [6.45, 7) is 10.6. The zero-order chi connectivity index (χ0) is 21.6. The average Bonchev–Trinajstić information content (AvgIpc) is 2.99. The first-order valence-corrected chi connectivity index (χ1v) is 10.1. The van der Waals surface area contributed by atoms with Crippen LogP contribution in [0.25, 0.3) is 0 Å². The van der Waals surface area contributed by atoms with Crippen molar-refractivity contribution in [1.82, 2.24) is 15.5 Å². The molecule has 0 bridgehead atoms. The number of aryl methyl sites for hydroxylation is 1. The van der Waals surface area contributed by atoms with Crippen LogP contribution in [0.2, 0.25) is 0 Å². The maximum atomic E-state index is 12.7. The highest BCUT2D eigenvalue weighted by Gasteiger charge is 2.35. The molecular weight excluding hydrogens is 370 g/mol. The summed E-state index contributed by atoms with van der Waals surface area (Å²) in [7, 11) is 0. The lowest BCUT2D eigenvalue weighted by molar-refractivity contribution is -0.135. The van der Waals surface area contributed by atoms with Gasteiger partial charge in [-0.05, 0) is 45.6 Å². The molecule has 0 aliphatic carbocycles. The molecule has 1 heterocycles. The Morgan fingerprint density at radius 2 is 1.79 bits per heavy atom. The first-order valence-electron chi connectivity index (χ1n) is 10.1. The van der Waals surface area contributed by atoms with Crippen molar-refractivity contribution >= 4 is 17.9 Å². The minimum absolute atomic E-state index is 0.00497. The lowest BCUT2D eigenvalue weighted by Gasteiger charge is -2.25. The number of amides is 3. The van der Waals surface area contributed by atoms with E-state index >= 15 is 0 Å². The van der Waals surface area contributed by atoms with Crippen LogP contribution < -0.4 is 10.6 Å². The van der Waals surface area contributed by atoms with Gasteiger partial charge < -0.3 is 20.3 Å². The highest BCUT2D eigenvalue weighted by atomic mass is 16.6. The molecular formula is C22H33N3O4. The van der Waals surface area contributed by atoms with Gasteiger partial charge in [0.15, 0.2) is 0 Å². The highest BCUT2D eigenvalue weighted by molar-refractivity contribution is 5.90. The predicted octanol–water partition coefficient (Wildman–Crippen LogP) is 2.76. The average molecular weight is 404 g/mol. The first kappa shape index (κ1) is 22.7. The van der Waals surface area contributed by atoms with Gasteiger partial charge in [0.2, 0.25) is 11.8 Å². The molecule has 2 N–H and O–H groups in total. The second-order valence-electron chi connectivity index (χ2n) is 8.79. The SMILES string of the molecule is Cc1ccc(CN2C(=O)CCC2C(=O)NCC(C)CNC(=O)OC(C)(C)C)cc1. The summed E-state index contributed by atoms with van der Waals surface area (Å²) in [5.74, 6) is -0.105. The molecule has 0 saturated carbocycles. The van der Waals surface area contributed by atoms with Gasteiger partial charge in [-0.25, -0.2) is 4.79 Å². The van der Waals surface area contributed by atoms with Crippen LogP contribution in [0.4, 0.5) is 4.79 Å². The first-order chi connectivity index (χ1) is 13.5. The Kier molecular flexibility index (Phi) is 7.65. The molecule has 2 rings (SSSR count). The van der Waals surface area contributed by atoms with Gasteiger partial charge in [-0.1, -0.05) is 36.8 Å². The van der Waals surface area contributed by atoms with E-state index in [0.29, 0.717) is 32.5 Å². The maximum absolute atomic E-state index is 12.7. The van der Waals surface area contributed by atoms with E-state index in [1.807, 2.05) is 58.9 Å². The van der Waals surface area contributed by atoms with Crippen molar-refractivity contribution < 1.29 is 19.1 Å². The standard InChI is InChI=1S/C22H33N3O4/c1-15-6-8-17(9-7-15)14-25-18(10-11-19(25)26)20(27)23-12-16(2)13-24-21(28)29-22(3,4)5/h6-9,16,18H,10-14H2,1-5H3,(H,23,27)(H,24,28). The smallest absolute Gasteiger partial charge is 0.407 e. The summed E-state index contributed by atoms with van der Waals surface area (Å²) < 4.78 is 5.20. The van der Waals surface area contributed by atoms with E-state index in [4.69, 9.17) is 4.74 Å². The molecule has 7 heteroatoms. The summed E-state index contributed by atoms with van der Waals surface area (Å²) in [6, 6.07) is 7.53. The number of hydrogen-bond donors (Lipinski definition) is 2. The number of carbonyl (C=O) groups is 3. The Balaban J connectivity index is 1.81. The van der Waals surface area contributed by atoms with Gasteiger partial charge in [0.05, 0.1) is 0 Å². The van der Waals surface area contributed by atoms with Crippen LogP contribution in [0, 0.1) is 12.8 Å². The van der Waals surface area contributed by atoms with Crippen molar-refractivity contribution in [2.45, 2.75) is 65.6 Å². The summed E-state index contributed by atoms with van der Waals surface area (Å²) in [5, 5.41) is 5.63. The van der Waals surface area contributed by atoms with Gasteiger partial charge in [-0.15, -0.1) is 0 Å². The highest BCUT2D eigenvalue weighted by Crippen LogP contribution is 2.22. The quantitative estimate of drug-likeness (QED) is 0.733. The minimum Gasteiger partial charge on any atom is -0.444 e. The third kappa shape index (κ3) is 7.40. The fourth-order valence-electron chi connectivity index (χ4n) is 3.13. The molecule has 2 unspecified atom stereocenters. The van der Waals surface area contributed by atoms with E-state index < -0.39 is 17.7 Å². The molecule has 2 atom stereocenters. The third-order valence-corrected chi connectivity index (χ3v) is 4.72. The summed E-state index contributed by atoms with van der Waals surface area (Å²) in [6.07, 6.45) is 0.446. The van der Waals surface area contributed by atoms with Gasteiger partial charge in [-0.3, -0.25) is 9.59 Å². The summed E-state index contributed by atoms with van der Waals surface area (Å²) >= 11 is 0. The minimum atomic E-state index is -0.544. The lowest BCUT2D eigenvalue weighted by atomic mass is 10.1. The maximum Gasteiger partial charge on any atom is 0.407 e. The van der Waals surface area contributed by atoms with E-state index in [2.05, 4.69) is 10.6 Å². The van der Waals surface area contributed by atoms with Crippen molar-refractivity contribution in [2.75, 3.05) is 13.1 Å². The van der Waals surface area contributed by atoms with Gasteiger partial charge in [0.25, 0.3) is 0 Å². The number of ether oxygens (including phenoxy) is 1. The van der Waals surface area contributed by atoms with E-state index in [-0.39, 0.29) is 17.7 Å². The number of likely N-dealkylation sites (tertiary alicyclic amines) is 1. The summed E-state index contributed by atoms with van der Waals surface area (Å²) in [4.78, 5) is 38.3.